The minimum Gasteiger partial charge on any atom is -0.490 e. The van der Waals surface area contributed by atoms with E-state index in [-0.39, 0.29) is 5.91 Å². The van der Waals surface area contributed by atoms with E-state index in [1.165, 1.54) is 0 Å². The maximum absolute atomic E-state index is 12.6. The van der Waals surface area contributed by atoms with E-state index < -0.39 is 0 Å². The second kappa shape index (κ2) is 10.5. The van der Waals surface area contributed by atoms with E-state index in [2.05, 4.69) is 21.7 Å². The summed E-state index contributed by atoms with van der Waals surface area (Å²) in [6.45, 7) is 12.0. The zero-order chi connectivity index (χ0) is 22.4. The van der Waals surface area contributed by atoms with E-state index in [1.807, 2.05) is 57.4 Å². The van der Waals surface area contributed by atoms with Crippen LogP contribution in [0.1, 0.15) is 35.8 Å². The molecule has 31 heavy (non-hydrogen) atoms. The molecule has 0 spiro atoms. The average Bonchev–Trinajstić information content (AvgIpc) is 3.28. The fourth-order valence-electron chi connectivity index (χ4n) is 3.59. The molecule has 1 aromatic carbocycles. The van der Waals surface area contributed by atoms with Crippen molar-refractivity contribution in [1.29, 1.82) is 0 Å². The predicted molar refractivity (Wildman–Crippen MR) is 125 cm³/mol. The first kappa shape index (κ1) is 22.9. The smallest absolute Gasteiger partial charge is 0.239 e. The van der Waals surface area contributed by atoms with Gasteiger partial charge in [0.1, 0.15) is 6.54 Å². The highest BCUT2D eigenvalue weighted by molar-refractivity contribution is 7.09. The first-order chi connectivity index (χ1) is 14.9. The third-order valence-electron chi connectivity index (χ3n) is 5.11. The van der Waals surface area contributed by atoms with Crippen molar-refractivity contribution in [2.75, 3.05) is 19.8 Å². The Morgan fingerprint density at radius 3 is 2.52 bits per heavy atom. The van der Waals surface area contributed by atoms with Crippen LogP contribution in [0.3, 0.4) is 0 Å². The number of ether oxygens (including phenoxy) is 2. The fraction of sp³-hybridized carbons (Fsp3) is 0.417. The Hall–Kier alpha value is -2.80. The molecule has 2 heterocycles. The Labute approximate surface area is 188 Å². The molecule has 0 radical (unpaired) electrons. The second-order valence-corrected chi connectivity index (χ2v) is 8.43. The SMILES string of the molecule is CCOc1ccc(CCNC(=O)Cn2c(C)cc(-c3csc(C)n3)c2C)cc1OCC. The summed E-state index contributed by atoms with van der Waals surface area (Å²) in [4.78, 5) is 17.2. The van der Waals surface area contributed by atoms with Gasteiger partial charge in [0.25, 0.3) is 0 Å². The Morgan fingerprint density at radius 1 is 1.10 bits per heavy atom. The van der Waals surface area contributed by atoms with E-state index >= 15 is 0 Å². The van der Waals surface area contributed by atoms with Crippen LogP contribution in [0, 0.1) is 20.8 Å². The van der Waals surface area contributed by atoms with Crippen molar-refractivity contribution in [1.82, 2.24) is 14.9 Å². The van der Waals surface area contributed by atoms with E-state index in [1.54, 1.807) is 11.3 Å². The second-order valence-electron chi connectivity index (χ2n) is 7.37. The molecule has 1 amide bonds. The van der Waals surface area contributed by atoms with Gasteiger partial charge in [-0.15, -0.1) is 11.3 Å². The van der Waals surface area contributed by atoms with Gasteiger partial charge in [-0.1, -0.05) is 6.07 Å². The maximum Gasteiger partial charge on any atom is 0.239 e. The van der Waals surface area contributed by atoms with E-state index in [0.717, 1.165) is 51.1 Å². The molecule has 0 aliphatic rings. The zero-order valence-electron chi connectivity index (χ0n) is 18.9. The molecule has 0 fully saturated rings. The quantitative estimate of drug-likeness (QED) is 0.496. The summed E-state index contributed by atoms with van der Waals surface area (Å²) < 4.78 is 13.3. The number of nitrogens with zero attached hydrogens (tertiary/aromatic N) is 2. The Balaban J connectivity index is 1.59. The highest BCUT2D eigenvalue weighted by Gasteiger charge is 2.15. The molecule has 0 saturated carbocycles. The number of thiazole rings is 1. The molecular formula is C24H31N3O3S. The summed E-state index contributed by atoms with van der Waals surface area (Å²) in [6.07, 6.45) is 0.727. The fourth-order valence-corrected chi connectivity index (χ4v) is 4.20. The number of amides is 1. The molecule has 166 valence electrons. The lowest BCUT2D eigenvalue weighted by Crippen LogP contribution is -2.30. The summed E-state index contributed by atoms with van der Waals surface area (Å²) in [5.41, 5.74) is 5.28. The number of carbonyl (C=O) groups is 1. The van der Waals surface area contributed by atoms with Gasteiger partial charge >= 0.3 is 0 Å². The predicted octanol–water partition coefficient (Wildman–Crippen LogP) is 4.69. The Bertz CT molecular complexity index is 1040. The Kier molecular flexibility index (Phi) is 7.74. The summed E-state index contributed by atoms with van der Waals surface area (Å²) in [5, 5.41) is 6.14. The summed E-state index contributed by atoms with van der Waals surface area (Å²) >= 11 is 1.64. The third kappa shape index (κ3) is 5.67. The van der Waals surface area contributed by atoms with Crippen LogP contribution in [-0.4, -0.2) is 35.2 Å². The zero-order valence-corrected chi connectivity index (χ0v) is 19.8. The van der Waals surface area contributed by atoms with Gasteiger partial charge < -0.3 is 19.4 Å². The van der Waals surface area contributed by atoms with E-state index in [4.69, 9.17) is 9.47 Å². The lowest BCUT2D eigenvalue weighted by atomic mass is 10.1. The van der Waals surface area contributed by atoms with Crippen molar-refractivity contribution in [3.05, 3.63) is 51.6 Å². The highest BCUT2D eigenvalue weighted by atomic mass is 32.1. The molecule has 0 aliphatic carbocycles. The maximum atomic E-state index is 12.6. The number of nitrogens with one attached hydrogen (secondary N) is 1. The molecule has 3 rings (SSSR count). The number of aromatic nitrogens is 2. The van der Waals surface area contributed by atoms with Crippen molar-refractivity contribution >= 4 is 17.2 Å². The van der Waals surface area contributed by atoms with E-state index in [0.29, 0.717) is 26.3 Å². The van der Waals surface area contributed by atoms with Gasteiger partial charge in [0.2, 0.25) is 5.91 Å². The molecule has 0 atom stereocenters. The lowest BCUT2D eigenvalue weighted by Gasteiger charge is -2.13. The summed E-state index contributed by atoms with van der Waals surface area (Å²) in [5.74, 6) is 1.50. The van der Waals surface area contributed by atoms with Crippen molar-refractivity contribution in [2.45, 2.75) is 47.6 Å². The molecule has 0 saturated heterocycles. The van der Waals surface area contributed by atoms with Gasteiger partial charge in [-0.05, 0) is 64.8 Å². The molecule has 0 bridgehead atoms. The van der Waals surface area contributed by atoms with Crippen LogP contribution in [-0.2, 0) is 17.8 Å². The molecule has 1 N–H and O–H groups in total. The topological polar surface area (TPSA) is 65.4 Å². The number of aryl methyl sites for hydroxylation is 2. The molecule has 2 aromatic heterocycles. The lowest BCUT2D eigenvalue weighted by molar-refractivity contribution is -0.121. The van der Waals surface area contributed by atoms with Crippen LogP contribution in [0.2, 0.25) is 0 Å². The molecule has 7 heteroatoms. The van der Waals surface area contributed by atoms with Crippen LogP contribution in [0.15, 0.2) is 29.6 Å². The summed E-state index contributed by atoms with van der Waals surface area (Å²) in [6, 6.07) is 8.04. The Morgan fingerprint density at radius 2 is 1.84 bits per heavy atom. The van der Waals surface area contributed by atoms with Crippen molar-refractivity contribution in [3.63, 3.8) is 0 Å². The van der Waals surface area contributed by atoms with E-state index in [9.17, 15) is 4.79 Å². The van der Waals surface area contributed by atoms with Gasteiger partial charge in [-0.3, -0.25) is 4.79 Å². The molecular weight excluding hydrogens is 410 g/mol. The minimum absolute atomic E-state index is 0.00113. The molecule has 0 unspecified atom stereocenters. The number of carbonyl (C=O) groups excluding carboxylic acids is 1. The largest absolute Gasteiger partial charge is 0.490 e. The normalized spacial score (nSPS) is 10.9. The first-order valence-electron chi connectivity index (χ1n) is 10.7. The van der Waals surface area contributed by atoms with Crippen LogP contribution in [0.25, 0.3) is 11.3 Å². The first-order valence-corrected chi connectivity index (χ1v) is 11.5. The third-order valence-corrected chi connectivity index (χ3v) is 5.89. The standard InChI is InChI=1S/C24H31N3O3S/c1-6-29-22-9-8-19(13-23(22)30-7-2)10-11-25-24(28)14-27-16(3)12-20(17(27)4)21-15-31-18(5)26-21/h8-9,12-13,15H,6-7,10-11,14H2,1-5H3,(H,25,28). The van der Waals surface area contributed by atoms with Crippen LogP contribution < -0.4 is 14.8 Å². The summed E-state index contributed by atoms with van der Waals surface area (Å²) in [7, 11) is 0. The van der Waals surface area contributed by atoms with Crippen LogP contribution >= 0.6 is 11.3 Å². The van der Waals surface area contributed by atoms with Crippen molar-refractivity contribution < 1.29 is 14.3 Å². The average molecular weight is 442 g/mol. The highest BCUT2D eigenvalue weighted by Crippen LogP contribution is 2.29. The van der Waals surface area contributed by atoms with Gasteiger partial charge in [-0.25, -0.2) is 4.98 Å². The monoisotopic (exact) mass is 441 g/mol. The van der Waals surface area contributed by atoms with Gasteiger partial charge in [0, 0.05) is 28.9 Å². The molecule has 6 nitrogen and oxygen atoms in total. The minimum atomic E-state index is -0.00113. The van der Waals surface area contributed by atoms with Gasteiger partial charge in [0.05, 0.1) is 23.9 Å². The number of benzene rings is 1. The van der Waals surface area contributed by atoms with Gasteiger partial charge in [0.15, 0.2) is 11.5 Å². The number of rotatable bonds is 10. The molecule has 3 aromatic rings. The van der Waals surface area contributed by atoms with Crippen molar-refractivity contribution in [3.8, 4) is 22.8 Å². The van der Waals surface area contributed by atoms with Crippen LogP contribution in [0.4, 0.5) is 0 Å². The van der Waals surface area contributed by atoms with Gasteiger partial charge in [-0.2, -0.15) is 0 Å². The number of hydrogen-bond donors (Lipinski definition) is 1. The van der Waals surface area contributed by atoms with Crippen LogP contribution in [0.5, 0.6) is 11.5 Å². The number of hydrogen-bond acceptors (Lipinski definition) is 5. The molecule has 0 aliphatic heterocycles. The van der Waals surface area contributed by atoms with Crippen molar-refractivity contribution in [2.24, 2.45) is 0 Å².